The highest BCUT2D eigenvalue weighted by Crippen LogP contribution is 2.26. The lowest BCUT2D eigenvalue weighted by Crippen LogP contribution is -2.14. The zero-order valence-electron chi connectivity index (χ0n) is 13.8. The molecule has 24 heavy (non-hydrogen) atoms. The Morgan fingerprint density at radius 2 is 1.88 bits per heavy atom. The summed E-state index contributed by atoms with van der Waals surface area (Å²) in [4.78, 5) is 23.8. The van der Waals surface area contributed by atoms with Crippen molar-refractivity contribution in [2.75, 3.05) is 17.2 Å². The second-order valence-electron chi connectivity index (χ2n) is 5.24. The number of hydrogen-bond donors (Lipinski definition) is 2. The first-order valence-electron chi connectivity index (χ1n) is 7.52. The summed E-state index contributed by atoms with van der Waals surface area (Å²) >= 11 is 3.37. The van der Waals surface area contributed by atoms with Gasteiger partial charge >= 0.3 is 0 Å². The number of carbonyl (C=O) groups is 2. The van der Waals surface area contributed by atoms with E-state index in [1.54, 1.807) is 24.3 Å². The Labute approximate surface area is 149 Å². The van der Waals surface area contributed by atoms with E-state index in [2.05, 4.69) is 26.6 Å². The molecule has 0 radical (unpaired) electrons. The van der Waals surface area contributed by atoms with Gasteiger partial charge in [0.15, 0.2) is 0 Å². The van der Waals surface area contributed by atoms with E-state index in [9.17, 15) is 9.59 Å². The number of anilines is 2. The maximum atomic E-state index is 12.6. The molecule has 0 bridgehead atoms. The summed E-state index contributed by atoms with van der Waals surface area (Å²) < 4.78 is 6.30. The van der Waals surface area contributed by atoms with Crippen molar-refractivity contribution in [3.05, 3.63) is 52.0 Å². The van der Waals surface area contributed by atoms with E-state index in [0.717, 1.165) is 10.0 Å². The molecule has 126 valence electrons. The van der Waals surface area contributed by atoms with Crippen molar-refractivity contribution < 1.29 is 14.3 Å². The van der Waals surface area contributed by atoms with Gasteiger partial charge in [-0.2, -0.15) is 0 Å². The molecule has 0 saturated heterocycles. The molecule has 2 N–H and O–H groups in total. The summed E-state index contributed by atoms with van der Waals surface area (Å²) in [6, 6.07) is 10.6. The third-order valence-corrected chi connectivity index (χ3v) is 3.79. The van der Waals surface area contributed by atoms with Gasteiger partial charge < -0.3 is 15.4 Å². The third-order valence-electron chi connectivity index (χ3n) is 3.29. The van der Waals surface area contributed by atoms with Crippen LogP contribution in [0.2, 0.25) is 0 Å². The van der Waals surface area contributed by atoms with E-state index in [1.807, 2.05) is 26.0 Å². The van der Waals surface area contributed by atoms with E-state index in [-0.39, 0.29) is 11.8 Å². The second-order valence-corrected chi connectivity index (χ2v) is 6.15. The van der Waals surface area contributed by atoms with Gasteiger partial charge in [0.2, 0.25) is 5.91 Å². The highest BCUT2D eigenvalue weighted by molar-refractivity contribution is 9.10. The summed E-state index contributed by atoms with van der Waals surface area (Å²) in [5, 5.41) is 5.58. The lowest BCUT2D eigenvalue weighted by molar-refractivity contribution is -0.114. The molecule has 0 saturated carbocycles. The van der Waals surface area contributed by atoms with Crippen molar-refractivity contribution in [1.29, 1.82) is 0 Å². The predicted octanol–water partition coefficient (Wildman–Crippen LogP) is 4.37. The smallest absolute Gasteiger partial charge is 0.259 e. The molecule has 0 fully saturated rings. The Balaban J connectivity index is 2.27. The maximum Gasteiger partial charge on any atom is 0.259 e. The number of benzene rings is 2. The third kappa shape index (κ3) is 4.58. The Kier molecular flexibility index (Phi) is 5.98. The van der Waals surface area contributed by atoms with Crippen LogP contribution in [-0.2, 0) is 4.79 Å². The lowest BCUT2D eigenvalue weighted by Gasteiger charge is -2.13. The molecule has 0 heterocycles. The molecular formula is C18H19BrN2O3. The summed E-state index contributed by atoms with van der Waals surface area (Å²) in [6.07, 6.45) is 0. The summed E-state index contributed by atoms with van der Waals surface area (Å²) in [6.45, 7) is 5.67. The van der Waals surface area contributed by atoms with Crippen molar-refractivity contribution in [3.8, 4) is 5.75 Å². The van der Waals surface area contributed by atoms with Crippen LogP contribution in [-0.4, -0.2) is 18.4 Å². The van der Waals surface area contributed by atoms with Gasteiger partial charge in [-0.3, -0.25) is 9.59 Å². The molecule has 0 aliphatic rings. The van der Waals surface area contributed by atoms with Crippen LogP contribution < -0.4 is 15.4 Å². The molecule has 2 aromatic carbocycles. The number of nitrogens with one attached hydrogen (secondary N) is 2. The van der Waals surface area contributed by atoms with E-state index in [1.165, 1.54) is 6.92 Å². The molecule has 0 aromatic heterocycles. The van der Waals surface area contributed by atoms with Crippen molar-refractivity contribution in [2.45, 2.75) is 20.8 Å². The normalized spacial score (nSPS) is 10.2. The van der Waals surface area contributed by atoms with Gasteiger partial charge in [0, 0.05) is 22.8 Å². The minimum absolute atomic E-state index is 0.160. The molecule has 0 unspecified atom stereocenters. The molecule has 0 aliphatic heterocycles. The summed E-state index contributed by atoms with van der Waals surface area (Å²) in [5.74, 6) is 0.0805. The van der Waals surface area contributed by atoms with Crippen LogP contribution in [0.5, 0.6) is 5.75 Å². The number of carbonyl (C=O) groups excluding carboxylic acids is 2. The predicted molar refractivity (Wildman–Crippen MR) is 98.7 cm³/mol. The van der Waals surface area contributed by atoms with E-state index < -0.39 is 0 Å². The minimum atomic E-state index is -0.280. The van der Waals surface area contributed by atoms with Crippen molar-refractivity contribution in [2.24, 2.45) is 0 Å². The molecule has 0 spiro atoms. The highest BCUT2D eigenvalue weighted by atomic mass is 79.9. The maximum absolute atomic E-state index is 12.6. The summed E-state index contributed by atoms with van der Waals surface area (Å²) in [7, 11) is 0. The molecular weight excluding hydrogens is 372 g/mol. The average molecular weight is 391 g/mol. The van der Waals surface area contributed by atoms with E-state index in [0.29, 0.717) is 29.3 Å². The largest absolute Gasteiger partial charge is 0.493 e. The fourth-order valence-electron chi connectivity index (χ4n) is 2.18. The van der Waals surface area contributed by atoms with Crippen molar-refractivity contribution in [3.63, 3.8) is 0 Å². The summed E-state index contributed by atoms with van der Waals surface area (Å²) in [5.41, 5.74) is 2.62. The molecule has 5 nitrogen and oxygen atoms in total. The number of amides is 2. The zero-order chi connectivity index (χ0) is 17.7. The first-order valence-corrected chi connectivity index (χ1v) is 8.32. The van der Waals surface area contributed by atoms with Gasteiger partial charge in [0.05, 0.1) is 12.2 Å². The standard InChI is InChI=1S/C18H19BrN2O3/c1-4-24-17-8-6-13(19)9-15(17)18(23)21-14-7-5-11(2)16(10-14)20-12(3)22/h5-10H,4H2,1-3H3,(H,20,22)(H,21,23). The van der Waals surface area contributed by atoms with Crippen molar-refractivity contribution in [1.82, 2.24) is 0 Å². The molecule has 2 aromatic rings. The first-order chi connectivity index (χ1) is 11.4. The molecule has 6 heteroatoms. The van der Waals surface area contributed by atoms with Gasteiger partial charge in [0.1, 0.15) is 5.75 Å². The van der Waals surface area contributed by atoms with Gasteiger partial charge in [-0.05, 0) is 49.7 Å². The van der Waals surface area contributed by atoms with Crippen LogP contribution in [0.25, 0.3) is 0 Å². The first kappa shape index (κ1) is 18.0. The number of halogens is 1. The Hall–Kier alpha value is -2.34. The number of hydrogen-bond acceptors (Lipinski definition) is 3. The Morgan fingerprint density at radius 1 is 1.12 bits per heavy atom. The molecule has 0 atom stereocenters. The van der Waals surface area contributed by atoms with E-state index >= 15 is 0 Å². The van der Waals surface area contributed by atoms with Crippen LogP contribution in [0.1, 0.15) is 29.8 Å². The number of ether oxygens (including phenoxy) is 1. The lowest BCUT2D eigenvalue weighted by atomic mass is 10.1. The second kappa shape index (κ2) is 7.97. The topological polar surface area (TPSA) is 67.4 Å². The van der Waals surface area contributed by atoms with Crippen LogP contribution in [0, 0.1) is 6.92 Å². The van der Waals surface area contributed by atoms with Gasteiger partial charge in [-0.25, -0.2) is 0 Å². The fourth-order valence-corrected chi connectivity index (χ4v) is 2.54. The molecule has 2 amide bonds. The zero-order valence-corrected chi connectivity index (χ0v) is 15.4. The number of rotatable bonds is 5. The van der Waals surface area contributed by atoms with Crippen LogP contribution >= 0.6 is 15.9 Å². The van der Waals surface area contributed by atoms with Crippen LogP contribution in [0.15, 0.2) is 40.9 Å². The SMILES string of the molecule is CCOc1ccc(Br)cc1C(=O)Nc1ccc(C)c(NC(C)=O)c1. The molecule has 0 aliphatic carbocycles. The highest BCUT2D eigenvalue weighted by Gasteiger charge is 2.14. The Bertz CT molecular complexity index is 775. The fraction of sp³-hybridized carbons (Fsp3) is 0.222. The Morgan fingerprint density at radius 3 is 2.54 bits per heavy atom. The van der Waals surface area contributed by atoms with Gasteiger partial charge in [0.25, 0.3) is 5.91 Å². The van der Waals surface area contributed by atoms with Crippen LogP contribution in [0.4, 0.5) is 11.4 Å². The number of aryl methyl sites for hydroxylation is 1. The van der Waals surface area contributed by atoms with Crippen LogP contribution in [0.3, 0.4) is 0 Å². The minimum Gasteiger partial charge on any atom is -0.493 e. The van der Waals surface area contributed by atoms with Gasteiger partial charge in [-0.15, -0.1) is 0 Å². The van der Waals surface area contributed by atoms with Crippen molar-refractivity contribution >= 4 is 39.1 Å². The van der Waals surface area contributed by atoms with Gasteiger partial charge in [-0.1, -0.05) is 22.0 Å². The quantitative estimate of drug-likeness (QED) is 0.796. The molecule has 2 rings (SSSR count). The monoisotopic (exact) mass is 390 g/mol. The van der Waals surface area contributed by atoms with E-state index in [4.69, 9.17) is 4.74 Å². The average Bonchev–Trinajstić information content (AvgIpc) is 2.52.